The maximum Gasteiger partial charge on any atom is 0.119 e. The van der Waals surface area contributed by atoms with Crippen molar-refractivity contribution in [2.75, 3.05) is 26.2 Å². The number of nitrogens with zero attached hydrogens (tertiary/aromatic N) is 2. The Balaban J connectivity index is 0.00000225. The number of halogens is 1. The summed E-state index contributed by atoms with van der Waals surface area (Å²) in [4.78, 5) is 7.04. The average molecular weight is 362 g/mol. The third-order valence-electron chi connectivity index (χ3n) is 4.54. The van der Waals surface area contributed by atoms with Gasteiger partial charge in [-0.15, -0.1) is 12.4 Å². The van der Waals surface area contributed by atoms with E-state index in [0.29, 0.717) is 12.6 Å². The fourth-order valence-electron chi connectivity index (χ4n) is 3.25. The standard InChI is InChI=1S/C20H27N3O.ClH/c1-2-9-20(10-3-1)24-16-15-23(17-18-7-4-5-13-22-18)19-8-6-12-21-14-11-19;/h1-5,7,9-10,13,19,21H,6,8,11-12,14-17H2;1H. The molecule has 0 aliphatic carbocycles. The summed E-state index contributed by atoms with van der Waals surface area (Å²) in [7, 11) is 0. The van der Waals surface area contributed by atoms with Gasteiger partial charge in [-0.05, 0) is 56.6 Å². The molecule has 2 heterocycles. The van der Waals surface area contributed by atoms with Gasteiger partial charge in [0, 0.05) is 25.3 Å². The minimum absolute atomic E-state index is 0. The van der Waals surface area contributed by atoms with Gasteiger partial charge in [-0.2, -0.15) is 0 Å². The highest BCUT2D eigenvalue weighted by Crippen LogP contribution is 2.16. The zero-order valence-electron chi connectivity index (χ0n) is 14.6. The van der Waals surface area contributed by atoms with E-state index in [1.807, 2.05) is 42.6 Å². The Hall–Kier alpha value is -1.62. The number of nitrogens with one attached hydrogen (secondary N) is 1. The molecule has 0 saturated carbocycles. The number of pyridine rings is 1. The van der Waals surface area contributed by atoms with Gasteiger partial charge in [-0.25, -0.2) is 0 Å². The zero-order valence-corrected chi connectivity index (χ0v) is 15.5. The Bertz CT molecular complexity index is 574. The zero-order chi connectivity index (χ0) is 16.5. The molecule has 136 valence electrons. The lowest BCUT2D eigenvalue weighted by Gasteiger charge is -2.30. The van der Waals surface area contributed by atoms with Crippen LogP contribution in [0.5, 0.6) is 5.75 Å². The van der Waals surface area contributed by atoms with Crippen molar-refractivity contribution < 1.29 is 4.74 Å². The molecule has 0 radical (unpaired) electrons. The van der Waals surface area contributed by atoms with Crippen LogP contribution in [0.3, 0.4) is 0 Å². The maximum atomic E-state index is 5.92. The molecule has 1 saturated heterocycles. The Kier molecular flexibility index (Phi) is 8.73. The van der Waals surface area contributed by atoms with Crippen LogP contribution < -0.4 is 10.1 Å². The number of ether oxygens (including phenoxy) is 1. The molecule has 1 aliphatic heterocycles. The van der Waals surface area contributed by atoms with E-state index in [1.54, 1.807) is 0 Å². The number of para-hydroxylation sites is 1. The van der Waals surface area contributed by atoms with Crippen LogP contribution in [0.1, 0.15) is 25.0 Å². The quantitative estimate of drug-likeness (QED) is 0.818. The lowest BCUT2D eigenvalue weighted by Crippen LogP contribution is -2.38. The number of benzene rings is 1. The van der Waals surface area contributed by atoms with Crippen LogP contribution in [0.2, 0.25) is 0 Å². The van der Waals surface area contributed by atoms with Crippen molar-refractivity contribution in [3.8, 4) is 5.75 Å². The predicted molar refractivity (Wildman–Crippen MR) is 104 cm³/mol. The lowest BCUT2D eigenvalue weighted by molar-refractivity contribution is 0.140. The summed E-state index contributed by atoms with van der Waals surface area (Å²) in [6, 6.07) is 16.8. The molecule has 1 unspecified atom stereocenters. The van der Waals surface area contributed by atoms with Gasteiger partial charge in [0.05, 0.1) is 5.69 Å². The van der Waals surface area contributed by atoms with Gasteiger partial charge in [0.25, 0.3) is 0 Å². The molecule has 4 nitrogen and oxygen atoms in total. The van der Waals surface area contributed by atoms with E-state index < -0.39 is 0 Å². The largest absolute Gasteiger partial charge is 0.492 e. The molecule has 3 rings (SSSR count). The summed E-state index contributed by atoms with van der Waals surface area (Å²) in [5.74, 6) is 0.942. The first-order valence-corrected chi connectivity index (χ1v) is 8.94. The molecular weight excluding hydrogens is 334 g/mol. The fraction of sp³-hybridized carbons (Fsp3) is 0.450. The second-order valence-corrected chi connectivity index (χ2v) is 6.29. The summed E-state index contributed by atoms with van der Waals surface area (Å²) < 4.78 is 5.92. The molecule has 0 amide bonds. The van der Waals surface area contributed by atoms with E-state index in [-0.39, 0.29) is 12.4 Å². The molecule has 1 aliphatic rings. The molecule has 1 aromatic heterocycles. The SMILES string of the molecule is Cl.c1ccc(OCCN(Cc2ccccn2)C2CCCNCC2)cc1. The smallest absolute Gasteiger partial charge is 0.119 e. The van der Waals surface area contributed by atoms with Crippen LogP contribution in [-0.2, 0) is 6.54 Å². The molecule has 2 aromatic rings. The fourth-order valence-corrected chi connectivity index (χ4v) is 3.25. The summed E-state index contributed by atoms with van der Waals surface area (Å²) >= 11 is 0. The van der Waals surface area contributed by atoms with Gasteiger partial charge in [0.2, 0.25) is 0 Å². The summed E-state index contributed by atoms with van der Waals surface area (Å²) in [5, 5.41) is 3.50. The van der Waals surface area contributed by atoms with E-state index in [0.717, 1.165) is 37.6 Å². The van der Waals surface area contributed by atoms with Crippen molar-refractivity contribution in [2.24, 2.45) is 0 Å². The molecule has 1 atom stereocenters. The van der Waals surface area contributed by atoms with Gasteiger partial charge in [0.1, 0.15) is 12.4 Å². The van der Waals surface area contributed by atoms with Crippen LogP contribution in [0.15, 0.2) is 54.7 Å². The first kappa shape index (κ1) is 19.7. The Labute approximate surface area is 157 Å². The van der Waals surface area contributed by atoms with E-state index in [9.17, 15) is 0 Å². The summed E-state index contributed by atoms with van der Waals surface area (Å²) in [6.07, 6.45) is 5.55. The first-order chi connectivity index (χ1) is 11.9. The topological polar surface area (TPSA) is 37.4 Å². The van der Waals surface area contributed by atoms with Crippen LogP contribution in [-0.4, -0.2) is 42.2 Å². The first-order valence-electron chi connectivity index (χ1n) is 8.94. The molecule has 1 aromatic carbocycles. The van der Waals surface area contributed by atoms with E-state index in [4.69, 9.17) is 4.74 Å². The van der Waals surface area contributed by atoms with Crippen LogP contribution in [0.25, 0.3) is 0 Å². The third kappa shape index (κ3) is 6.65. The van der Waals surface area contributed by atoms with Gasteiger partial charge < -0.3 is 10.1 Å². The summed E-state index contributed by atoms with van der Waals surface area (Å²) in [6.45, 7) is 4.76. The van der Waals surface area contributed by atoms with Gasteiger partial charge in [0.15, 0.2) is 0 Å². The highest BCUT2D eigenvalue weighted by molar-refractivity contribution is 5.85. The Morgan fingerprint density at radius 1 is 1.04 bits per heavy atom. The van der Waals surface area contributed by atoms with Crippen molar-refractivity contribution in [1.82, 2.24) is 15.2 Å². The Morgan fingerprint density at radius 2 is 1.88 bits per heavy atom. The second-order valence-electron chi connectivity index (χ2n) is 6.29. The van der Waals surface area contributed by atoms with Crippen LogP contribution >= 0.6 is 12.4 Å². The van der Waals surface area contributed by atoms with Crippen LogP contribution in [0, 0.1) is 0 Å². The number of hydrogen-bond donors (Lipinski definition) is 1. The minimum Gasteiger partial charge on any atom is -0.492 e. The van der Waals surface area contributed by atoms with Crippen molar-refractivity contribution in [1.29, 1.82) is 0 Å². The Morgan fingerprint density at radius 3 is 2.68 bits per heavy atom. The third-order valence-corrected chi connectivity index (χ3v) is 4.54. The second kappa shape index (κ2) is 11.1. The molecular formula is C20H28ClN3O. The van der Waals surface area contributed by atoms with Crippen LogP contribution in [0.4, 0.5) is 0 Å². The molecule has 1 fully saturated rings. The van der Waals surface area contributed by atoms with Crippen molar-refractivity contribution in [3.63, 3.8) is 0 Å². The van der Waals surface area contributed by atoms with Gasteiger partial charge in [-0.1, -0.05) is 24.3 Å². The highest BCUT2D eigenvalue weighted by Gasteiger charge is 2.20. The summed E-state index contributed by atoms with van der Waals surface area (Å²) in [5.41, 5.74) is 1.13. The number of aromatic nitrogens is 1. The van der Waals surface area contributed by atoms with Crippen molar-refractivity contribution >= 4 is 12.4 Å². The maximum absolute atomic E-state index is 5.92. The molecule has 5 heteroatoms. The minimum atomic E-state index is 0. The monoisotopic (exact) mass is 361 g/mol. The average Bonchev–Trinajstić information content (AvgIpc) is 2.92. The number of rotatable bonds is 7. The highest BCUT2D eigenvalue weighted by atomic mass is 35.5. The van der Waals surface area contributed by atoms with Gasteiger partial charge >= 0.3 is 0 Å². The molecule has 0 bridgehead atoms. The normalized spacial score (nSPS) is 17.6. The van der Waals surface area contributed by atoms with Crippen molar-refractivity contribution in [2.45, 2.75) is 31.8 Å². The van der Waals surface area contributed by atoms with Crippen molar-refractivity contribution in [3.05, 3.63) is 60.4 Å². The van der Waals surface area contributed by atoms with E-state index in [2.05, 4.69) is 27.3 Å². The molecule has 0 spiro atoms. The lowest BCUT2D eigenvalue weighted by atomic mass is 10.1. The van der Waals surface area contributed by atoms with E-state index in [1.165, 1.54) is 19.3 Å². The predicted octanol–water partition coefficient (Wildman–Crippen LogP) is 3.53. The number of hydrogen-bond acceptors (Lipinski definition) is 4. The molecule has 1 N–H and O–H groups in total. The molecule has 25 heavy (non-hydrogen) atoms. The van der Waals surface area contributed by atoms with Gasteiger partial charge in [-0.3, -0.25) is 9.88 Å². The van der Waals surface area contributed by atoms with E-state index >= 15 is 0 Å².